The minimum absolute atomic E-state index is 0. The van der Waals surface area contributed by atoms with Crippen LogP contribution in [0.15, 0.2) is 65.7 Å². The highest BCUT2D eigenvalue weighted by Gasteiger charge is 2.04. The highest BCUT2D eigenvalue weighted by Crippen LogP contribution is 2.02. The van der Waals surface area contributed by atoms with Crippen LogP contribution in [0.2, 0.25) is 0 Å². The van der Waals surface area contributed by atoms with E-state index in [-0.39, 0.29) is 18.3 Å². The molecular formula is C23H30Cl2N2O4. The molecule has 0 aromatic heterocycles. The van der Waals surface area contributed by atoms with Crippen molar-refractivity contribution in [3.8, 4) is 0 Å². The molecule has 0 fully saturated rings. The van der Waals surface area contributed by atoms with Gasteiger partial charge in [0.15, 0.2) is 11.8 Å². The molecule has 1 amide bonds. The molecule has 170 valence electrons. The fraction of sp³-hybridized carbons (Fsp3) is 0.304. The van der Waals surface area contributed by atoms with E-state index in [1.54, 1.807) is 48.5 Å². The third-order valence-corrected chi connectivity index (χ3v) is 3.64. The quantitative estimate of drug-likeness (QED) is 0.322. The van der Waals surface area contributed by atoms with Crippen LogP contribution >= 0.6 is 24.0 Å². The maximum absolute atomic E-state index is 11.5. The van der Waals surface area contributed by atoms with Gasteiger partial charge in [-0.15, -0.1) is 12.4 Å². The van der Waals surface area contributed by atoms with Crippen LogP contribution in [-0.4, -0.2) is 36.7 Å². The van der Waals surface area contributed by atoms with Crippen molar-refractivity contribution < 1.29 is 19.1 Å². The molecule has 0 radical (unpaired) electrons. The van der Waals surface area contributed by atoms with E-state index < -0.39 is 5.24 Å². The molecule has 6 nitrogen and oxygen atoms in total. The van der Waals surface area contributed by atoms with Crippen LogP contribution in [0.3, 0.4) is 0 Å². The molecule has 31 heavy (non-hydrogen) atoms. The van der Waals surface area contributed by atoms with Gasteiger partial charge < -0.3 is 9.47 Å². The topological polar surface area (TPSA) is 88.8 Å². The Labute approximate surface area is 195 Å². The van der Waals surface area contributed by atoms with Gasteiger partial charge in [-0.1, -0.05) is 62.4 Å². The predicted molar refractivity (Wildman–Crippen MR) is 129 cm³/mol. The molecule has 2 rings (SSSR count). The number of carbonyl (C=O) groups excluding carboxylic acids is 2. The van der Waals surface area contributed by atoms with Crippen molar-refractivity contribution in [1.29, 1.82) is 5.41 Å². The van der Waals surface area contributed by atoms with E-state index in [1.807, 2.05) is 32.9 Å². The lowest BCUT2D eigenvalue weighted by molar-refractivity contribution is 0.0998. The van der Waals surface area contributed by atoms with Gasteiger partial charge in [0.25, 0.3) is 11.1 Å². The van der Waals surface area contributed by atoms with Crippen molar-refractivity contribution in [3.05, 3.63) is 71.8 Å². The number of hydrogen-bond acceptors (Lipinski definition) is 5. The summed E-state index contributed by atoms with van der Waals surface area (Å²) in [6, 6.07) is 17.7. The number of rotatable bonds is 5. The lowest BCUT2D eigenvalue weighted by Crippen LogP contribution is -2.04. The summed E-state index contributed by atoms with van der Waals surface area (Å²) < 4.78 is 9.70. The van der Waals surface area contributed by atoms with Crippen molar-refractivity contribution >= 4 is 47.0 Å². The first-order valence-corrected chi connectivity index (χ1v) is 9.93. The van der Waals surface area contributed by atoms with Gasteiger partial charge in [-0.3, -0.25) is 15.0 Å². The number of carbonyl (C=O) groups is 2. The first kappa shape index (κ1) is 30.5. The minimum atomic E-state index is -0.407. The molecule has 0 aliphatic rings. The molecule has 0 bridgehead atoms. The van der Waals surface area contributed by atoms with E-state index in [0.717, 1.165) is 0 Å². The van der Waals surface area contributed by atoms with Crippen molar-refractivity contribution in [2.75, 3.05) is 13.7 Å². The van der Waals surface area contributed by atoms with Crippen molar-refractivity contribution in [2.24, 2.45) is 4.99 Å². The highest BCUT2D eigenvalue weighted by atomic mass is 35.5. The molecular weight excluding hydrogens is 439 g/mol. The molecule has 0 atom stereocenters. The summed E-state index contributed by atoms with van der Waals surface area (Å²) in [7, 11) is 1.51. The van der Waals surface area contributed by atoms with Crippen molar-refractivity contribution in [3.63, 3.8) is 0 Å². The zero-order valence-corrected chi connectivity index (χ0v) is 19.8. The molecule has 0 saturated heterocycles. The van der Waals surface area contributed by atoms with Crippen LogP contribution in [0, 0.1) is 5.41 Å². The molecule has 2 aromatic carbocycles. The predicted octanol–water partition coefficient (Wildman–Crippen LogP) is 6.18. The number of ether oxygens (including phenoxy) is 2. The summed E-state index contributed by atoms with van der Waals surface area (Å²) in [5.74, 6) is 0.575. The average molecular weight is 469 g/mol. The van der Waals surface area contributed by atoms with Gasteiger partial charge in [-0.25, -0.2) is 0 Å². The van der Waals surface area contributed by atoms with E-state index in [4.69, 9.17) is 26.5 Å². The highest BCUT2D eigenvalue weighted by molar-refractivity contribution is 6.67. The first-order chi connectivity index (χ1) is 14.4. The first-order valence-electron chi connectivity index (χ1n) is 9.55. The smallest absolute Gasteiger partial charge is 0.279 e. The Kier molecular flexibility index (Phi) is 19.0. The third-order valence-electron chi connectivity index (χ3n) is 3.43. The molecule has 1 N–H and O–H groups in total. The molecule has 0 saturated carbocycles. The second kappa shape index (κ2) is 19.3. The van der Waals surface area contributed by atoms with Gasteiger partial charge in [0.2, 0.25) is 0 Å². The second-order valence-electron chi connectivity index (χ2n) is 5.58. The maximum atomic E-state index is 11.5. The molecule has 0 unspecified atom stereocenters. The third kappa shape index (κ3) is 14.9. The van der Waals surface area contributed by atoms with Gasteiger partial charge in [0.1, 0.15) is 0 Å². The number of aliphatic imine (C=N–C) groups is 1. The van der Waals surface area contributed by atoms with Crippen LogP contribution in [0.4, 0.5) is 0 Å². The average Bonchev–Trinajstić information content (AvgIpc) is 2.79. The van der Waals surface area contributed by atoms with Gasteiger partial charge in [-0.05, 0) is 30.7 Å². The van der Waals surface area contributed by atoms with E-state index in [2.05, 4.69) is 4.99 Å². The Balaban J connectivity index is 0. The molecule has 0 spiro atoms. The summed E-state index contributed by atoms with van der Waals surface area (Å²) in [6.07, 6.45) is 1.32. The van der Waals surface area contributed by atoms with Gasteiger partial charge >= 0.3 is 0 Å². The molecule has 0 heterocycles. The number of halogens is 2. The summed E-state index contributed by atoms with van der Waals surface area (Å²) in [5, 5.41) is 6.51. The van der Waals surface area contributed by atoms with Gasteiger partial charge in [0, 0.05) is 24.0 Å². The number of nitrogens with one attached hydrogen (secondary N) is 1. The lowest BCUT2D eigenvalue weighted by atomic mass is 10.2. The van der Waals surface area contributed by atoms with Crippen LogP contribution < -0.4 is 0 Å². The van der Waals surface area contributed by atoms with Crippen LogP contribution in [0.1, 0.15) is 54.3 Å². The zero-order valence-electron chi connectivity index (χ0n) is 18.3. The fourth-order valence-electron chi connectivity index (χ4n) is 1.87. The summed E-state index contributed by atoms with van der Waals surface area (Å²) in [5.41, 5.74) is 1.12. The Morgan fingerprint density at radius 3 is 1.68 bits per heavy atom. The number of methoxy groups -OCH3 is 1. The monoisotopic (exact) mass is 468 g/mol. The summed E-state index contributed by atoms with van der Waals surface area (Å²) in [6.45, 7) is 6.29. The largest absolute Gasteiger partial charge is 0.484 e. The number of benzene rings is 2. The Hall–Kier alpha value is -2.70. The van der Waals surface area contributed by atoms with E-state index in [1.165, 1.54) is 7.11 Å². The van der Waals surface area contributed by atoms with Gasteiger partial charge in [-0.2, -0.15) is 4.99 Å². The molecule has 8 heteroatoms. The molecule has 0 aliphatic carbocycles. The maximum Gasteiger partial charge on any atom is 0.279 e. The van der Waals surface area contributed by atoms with Crippen LogP contribution in [-0.2, 0) is 9.47 Å². The van der Waals surface area contributed by atoms with E-state index in [9.17, 15) is 9.59 Å². The zero-order chi connectivity index (χ0) is 22.8. The second-order valence-corrected chi connectivity index (χ2v) is 5.93. The Bertz CT molecular complexity index is 792. The SMILES string of the molecule is CCC(=NC(=O)c1ccccc1)OC.CCOC(=N)CC.Cl.O=C(Cl)c1ccccc1. The Morgan fingerprint density at radius 2 is 1.39 bits per heavy atom. The summed E-state index contributed by atoms with van der Waals surface area (Å²) in [4.78, 5) is 25.8. The molecule has 2 aromatic rings. The van der Waals surface area contributed by atoms with Crippen LogP contribution in [0.25, 0.3) is 0 Å². The van der Waals surface area contributed by atoms with Gasteiger partial charge in [0.05, 0.1) is 13.7 Å². The normalized spacial score (nSPS) is 9.52. The van der Waals surface area contributed by atoms with Crippen LogP contribution in [0.5, 0.6) is 0 Å². The van der Waals surface area contributed by atoms with E-state index in [0.29, 0.717) is 42.4 Å². The van der Waals surface area contributed by atoms with Crippen molar-refractivity contribution in [2.45, 2.75) is 33.6 Å². The standard InChI is InChI=1S/C11H13NO2.C7H5ClO.C5H11NO.ClH/c1-3-10(14-2)12-11(13)9-7-5-4-6-8-9;8-7(9)6-4-2-1-3-5-6;1-3-5(6)7-4-2;/h4-8H,3H2,1-2H3;1-5H;6H,3-4H2,1-2H3;1H. The fourth-order valence-corrected chi connectivity index (χ4v) is 2.00. The minimum Gasteiger partial charge on any atom is -0.484 e. The number of hydrogen-bond donors (Lipinski definition) is 1. The summed E-state index contributed by atoms with van der Waals surface area (Å²) >= 11 is 5.16. The number of nitrogens with zero attached hydrogens (tertiary/aromatic N) is 1. The Morgan fingerprint density at radius 1 is 0.903 bits per heavy atom. The molecule has 0 aliphatic heterocycles. The number of amides is 1. The van der Waals surface area contributed by atoms with E-state index >= 15 is 0 Å². The van der Waals surface area contributed by atoms with Crippen molar-refractivity contribution in [1.82, 2.24) is 0 Å². The lowest BCUT2D eigenvalue weighted by Gasteiger charge is -2.00.